The first-order valence-corrected chi connectivity index (χ1v) is 3.53. The normalized spacial score (nSPS) is 11.5. The number of azide groups is 1. The van der Waals surface area contributed by atoms with E-state index >= 15 is 0 Å². The largest absolute Gasteiger partial charge is 0.372 e. The zero-order valence-electron chi connectivity index (χ0n) is 7.15. The van der Waals surface area contributed by atoms with Crippen molar-refractivity contribution in [2.75, 3.05) is 20.2 Å². The fourth-order valence-corrected chi connectivity index (χ4v) is 0.525. The number of carbonyl (C=O) groups excluding carboxylic acids is 1. The van der Waals surface area contributed by atoms with E-state index in [0.29, 0.717) is 6.54 Å². The molecule has 0 heterocycles. The highest BCUT2D eigenvalue weighted by molar-refractivity contribution is 5.80. The Kier molecular flexibility index (Phi) is 5.77. The van der Waals surface area contributed by atoms with Crippen LogP contribution < -0.4 is 5.32 Å². The Balaban J connectivity index is 3.50. The van der Waals surface area contributed by atoms with E-state index in [0.717, 1.165) is 0 Å². The van der Waals surface area contributed by atoms with E-state index in [-0.39, 0.29) is 12.5 Å². The van der Waals surface area contributed by atoms with Crippen LogP contribution in [0.15, 0.2) is 5.11 Å². The average molecular weight is 172 g/mol. The molecular weight excluding hydrogens is 160 g/mol. The van der Waals surface area contributed by atoms with E-state index in [1.54, 1.807) is 6.92 Å². The van der Waals surface area contributed by atoms with E-state index in [1.165, 1.54) is 7.11 Å². The number of methoxy groups -OCH3 is 1. The topological polar surface area (TPSA) is 87.1 Å². The minimum absolute atomic E-state index is 0.203. The van der Waals surface area contributed by atoms with Crippen molar-refractivity contribution < 1.29 is 9.53 Å². The summed E-state index contributed by atoms with van der Waals surface area (Å²) in [7, 11) is 1.46. The lowest BCUT2D eigenvalue weighted by Crippen LogP contribution is -2.35. The number of amides is 1. The Morgan fingerprint density at radius 1 is 1.83 bits per heavy atom. The summed E-state index contributed by atoms with van der Waals surface area (Å²) in [6.07, 6.45) is -0.462. The van der Waals surface area contributed by atoms with Crippen molar-refractivity contribution in [1.29, 1.82) is 0 Å². The summed E-state index contributed by atoms with van der Waals surface area (Å²) < 4.78 is 4.75. The standard InChI is InChI=1S/C6H12N4O2/c1-5(12-2)6(11)8-3-4-9-10-7/h5H,3-4H2,1-2H3,(H,8,11). The second kappa shape index (κ2) is 6.45. The molecule has 0 radical (unpaired) electrons. The second-order valence-corrected chi connectivity index (χ2v) is 2.12. The van der Waals surface area contributed by atoms with Gasteiger partial charge in [-0.05, 0) is 12.5 Å². The molecule has 0 fully saturated rings. The lowest BCUT2D eigenvalue weighted by atomic mass is 10.4. The number of ether oxygens (including phenoxy) is 1. The van der Waals surface area contributed by atoms with Gasteiger partial charge in [-0.25, -0.2) is 0 Å². The number of carbonyl (C=O) groups is 1. The minimum atomic E-state index is -0.462. The van der Waals surface area contributed by atoms with Crippen molar-refractivity contribution in [1.82, 2.24) is 5.32 Å². The summed E-state index contributed by atoms with van der Waals surface area (Å²) in [5.41, 5.74) is 7.91. The van der Waals surface area contributed by atoms with Crippen LogP contribution in [-0.4, -0.2) is 32.2 Å². The Bertz CT molecular complexity index is 188. The molecule has 1 atom stereocenters. The predicted octanol–water partition coefficient (Wildman–Crippen LogP) is 0.448. The number of hydrogen-bond acceptors (Lipinski definition) is 3. The van der Waals surface area contributed by atoms with E-state index in [2.05, 4.69) is 15.3 Å². The molecule has 0 saturated carbocycles. The van der Waals surface area contributed by atoms with Crippen LogP contribution in [0.4, 0.5) is 0 Å². The molecule has 0 aliphatic carbocycles. The Hall–Kier alpha value is -1.26. The number of rotatable bonds is 5. The van der Waals surface area contributed by atoms with Gasteiger partial charge in [0.1, 0.15) is 6.10 Å². The summed E-state index contributed by atoms with van der Waals surface area (Å²) in [5, 5.41) is 5.79. The van der Waals surface area contributed by atoms with Crippen molar-refractivity contribution in [2.24, 2.45) is 5.11 Å². The third-order valence-electron chi connectivity index (χ3n) is 1.30. The van der Waals surface area contributed by atoms with Gasteiger partial charge < -0.3 is 10.1 Å². The number of nitrogens with one attached hydrogen (secondary N) is 1. The van der Waals surface area contributed by atoms with Gasteiger partial charge in [0.25, 0.3) is 0 Å². The van der Waals surface area contributed by atoms with E-state index in [9.17, 15) is 4.79 Å². The van der Waals surface area contributed by atoms with Crippen LogP contribution in [0, 0.1) is 0 Å². The molecule has 1 unspecified atom stereocenters. The molecule has 1 N–H and O–H groups in total. The number of hydrogen-bond donors (Lipinski definition) is 1. The Labute approximate surface area is 70.5 Å². The first-order valence-electron chi connectivity index (χ1n) is 3.53. The van der Waals surface area contributed by atoms with Gasteiger partial charge in [-0.2, -0.15) is 0 Å². The van der Waals surface area contributed by atoms with Gasteiger partial charge in [0.05, 0.1) is 0 Å². The first kappa shape index (κ1) is 10.7. The van der Waals surface area contributed by atoms with Crippen molar-refractivity contribution in [3.8, 4) is 0 Å². The van der Waals surface area contributed by atoms with Gasteiger partial charge in [0.2, 0.25) is 5.91 Å². The highest BCUT2D eigenvalue weighted by atomic mass is 16.5. The maximum Gasteiger partial charge on any atom is 0.248 e. The minimum Gasteiger partial charge on any atom is -0.372 e. The molecule has 0 aliphatic rings. The molecule has 0 aromatic heterocycles. The van der Waals surface area contributed by atoms with Gasteiger partial charge in [-0.1, -0.05) is 5.11 Å². The van der Waals surface area contributed by atoms with Crippen molar-refractivity contribution >= 4 is 5.91 Å². The quantitative estimate of drug-likeness (QED) is 0.282. The highest BCUT2D eigenvalue weighted by Gasteiger charge is 2.08. The van der Waals surface area contributed by atoms with Crippen molar-refractivity contribution in [3.63, 3.8) is 0 Å². The molecule has 0 spiro atoms. The summed E-state index contributed by atoms with van der Waals surface area (Å²) in [6.45, 7) is 2.25. The highest BCUT2D eigenvalue weighted by Crippen LogP contribution is 1.85. The molecule has 68 valence electrons. The van der Waals surface area contributed by atoms with Crippen LogP contribution in [0.25, 0.3) is 10.4 Å². The molecule has 6 nitrogen and oxygen atoms in total. The Morgan fingerprint density at radius 2 is 2.50 bits per heavy atom. The van der Waals surface area contributed by atoms with Crippen molar-refractivity contribution in [3.05, 3.63) is 10.4 Å². The fourth-order valence-electron chi connectivity index (χ4n) is 0.525. The molecule has 0 aromatic rings. The van der Waals surface area contributed by atoms with Gasteiger partial charge in [0, 0.05) is 25.1 Å². The van der Waals surface area contributed by atoms with Crippen molar-refractivity contribution in [2.45, 2.75) is 13.0 Å². The van der Waals surface area contributed by atoms with Crippen LogP contribution in [0.5, 0.6) is 0 Å². The zero-order chi connectivity index (χ0) is 9.40. The molecule has 0 bridgehead atoms. The predicted molar refractivity (Wildman–Crippen MR) is 43.5 cm³/mol. The zero-order valence-corrected chi connectivity index (χ0v) is 7.15. The van der Waals surface area contributed by atoms with Gasteiger partial charge in [-0.3, -0.25) is 4.79 Å². The van der Waals surface area contributed by atoms with Gasteiger partial charge in [0.15, 0.2) is 0 Å². The summed E-state index contributed by atoms with van der Waals surface area (Å²) in [4.78, 5) is 13.5. The first-order chi connectivity index (χ1) is 5.72. The van der Waals surface area contributed by atoms with Crippen LogP contribution in [-0.2, 0) is 9.53 Å². The molecule has 0 aliphatic heterocycles. The van der Waals surface area contributed by atoms with Crippen LogP contribution >= 0.6 is 0 Å². The number of nitrogens with zero attached hydrogens (tertiary/aromatic N) is 3. The average Bonchev–Trinajstić information content (AvgIpc) is 2.10. The second-order valence-electron chi connectivity index (χ2n) is 2.12. The van der Waals surface area contributed by atoms with Crippen LogP contribution in [0.2, 0.25) is 0 Å². The molecule has 0 saturated heterocycles. The lowest BCUT2D eigenvalue weighted by Gasteiger charge is -2.08. The third kappa shape index (κ3) is 4.54. The molecule has 0 rings (SSSR count). The van der Waals surface area contributed by atoms with Crippen LogP contribution in [0.1, 0.15) is 6.92 Å². The van der Waals surface area contributed by atoms with Gasteiger partial charge in [-0.15, -0.1) is 0 Å². The molecule has 6 heteroatoms. The van der Waals surface area contributed by atoms with E-state index < -0.39 is 6.10 Å². The lowest BCUT2D eigenvalue weighted by molar-refractivity contribution is -0.129. The maximum atomic E-state index is 11.0. The molecular formula is C6H12N4O2. The summed E-state index contributed by atoms with van der Waals surface area (Å²) in [6, 6.07) is 0. The molecule has 1 amide bonds. The molecule has 0 aromatic carbocycles. The van der Waals surface area contributed by atoms with Gasteiger partial charge >= 0.3 is 0 Å². The maximum absolute atomic E-state index is 11.0. The summed E-state index contributed by atoms with van der Waals surface area (Å²) >= 11 is 0. The monoisotopic (exact) mass is 172 g/mol. The third-order valence-corrected chi connectivity index (χ3v) is 1.30. The SMILES string of the molecule is COC(C)C(=O)NCCN=[N+]=[N-]. The molecule has 12 heavy (non-hydrogen) atoms. The van der Waals surface area contributed by atoms with Crippen LogP contribution in [0.3, 0.4) is 0 Å². The van der Waals surface area contributed by atoms with E-state index in [4.69, 9.17) is 10.3 Å². The Morgan fingerprint density at radius 3 is 3.00 bits per heavy atom. The smallest absolute Gasteiger partial charge is 0.248 e. The fraction of sp³-hybridized carbons (Fsp3) is 0.833. The van der Waals surface area contributed by atoms with E-state index in [1.807, 2.05) is 0 Å². The summed E-state index contributed by atoms with van der Waals surface area (Å²) in [5.74, 6) is -0.203.